The molecule has 0 aliphatic rings. The van der Waals surface area contributed by atoms with Crippen LogP contribution in [0.25, 0.3) is 0 Å². The summed E-state index contributed by atoms with van der Waals surface area (Å²) >= 11 is 0. The van der Waals surface area contributed by atoms with Crippen molar-refractivity contribution in [3.05, 3.63) is 109 Å². The molecular formula is C45H70O5. The van der Waals surface area contributed by atoms with Gasteiger partial charge in [0.15, 0.2) is 6.10 Å². The third-order valence-corrected chi connectivity index (χ3v) is 7.56. The molecule has 0 aromatic heterocycles. The Morgan fingerprint density at radius 2 is 0.900 bits per heavy atom. The summed E-state index contributed by atoms with van der Waals surface area (Å²) in [7, 11) is 0. The zero-order valence-electron chi connectivity index (χ0n) is 31.6. The lowest BCUT2D eigenvalue weighted by atomic mass is 10.1. The Kier molecular flexibility index (Phi) is 37.2. The lowest BCUT2D eigenvalue weighted by molar-refractivity contribution is -0.161. The number of ether oxygens (including phenoxy) is 2. The molecule has 0 radical (unpaired) electrons. The van der Waals surface area contributed by atoms with Crippen LogP contribution >= 0.6 is 0 Å². The maximum Gasteiger partial charge on any atom is 0.306 e. The number of carbonyl (C=O) groups excluding carboxylic acids is 2. The van der Waals surface area contributed by atoms with Crippen LogP contribution < -0.4 is 0 Å². The van der Waals surface area contributed by atoms with Crippen molar-refractivity contribution in [2.75, 3.05) is 13.2 Å². The lowest BCUT2D eigenvalue weighted by Gasteiger charge is -2.15. The van der Waals surface area contributed by atoms with E-state index in [4.69, 9.17) is 9.47 Å². The third kappa shape index (κ3) is 37.4. The molecular weight excluding hydrogens is 620 g/mol. The first kappa shape index (κ1) is 46.6. The van der Waals surface area contributed by atoms with Crippen LogP contribution in [0.3, 0.4) is 0 Å². The van der Waals surface area contributed by atoms with Crippen molar-refractivity contribution in [1.29, 1.82) is 0 Å². The molecule has 0 heterocycles. The zero-order chi connectivity index (χ0) is 36.4. The second-order valence-corrected chi connectivity index (χ2v) is 12.3. The predicted molar refractivity (Wildman–Crippen MR) is 214 cm³/mol. The van der Waals surface area contributed by atoms with Crippen molar-refractivity contribution in [1.82, 2.24) is 0 Å². The summed E-state index contributed by atoms with van der Waals surface area (Å²) in [6, 6.07) is 0. The summed E-state index contributed by atoms with van der Waals surface area (Å²) in [4.78, 5) is 24.2. The Labute approximate surface area is 306 Å². The van der Waals surface area contributed by atoms with Crippen molar-refractivity contribution >= 4 is 11.9 Å². The Morgan fingerprint density at radius 1 is 0.480 bits per heavy atom. The molecule has 0 aliphatic heterocycles. The number of esters is 2. The Balaban J connectivity index is 3.82. The monoisotopic (exact) mass is 691 g/mol. The maximum atomic E-state index is 12.1. The number of rotatable bonds is 33. The fourth-order valence-corrected chi connectivity index (χ4v) is 4.65. The smallest absolute Gasteiger partial charge is 0.306 e. The minimum absolute atomic E-state index is 0.134. The number of unbranched alkanes of at least 4 members (excludes halogenated alkanes) is 7. The molecule has 0 saturated heterocycles. The highest BCUT2D eigenvalue weighted by atomic mass is 16.6. The largest absolute Gasteiger partial charge is 0.462 e. The number of hydrogen-bond acceptors (Lipinski definition) is 5. The molecule has 0 spiro atoms. The average Bonchev–Trinajstić information content (AvgIpc) is 3.12. The first-order valence-corrected chi connectivity index (χ1v) is 19.4. The molecule has 1 unspecified atom stereocenters. The van der Waals surface area contributed by atoms with Gasteiger partial charge in [-0.3, -0.25) is 9.59 Å². The van der Waals surface area contributed by atoms with Gasteiger partial charge in [0.05, 0.1) is 6.61 Å². The normalized spacial score (nSPS) is 13.4. The standard InChI is InChI=1S/C45H70O5/c1-3-5-7-9-11-13-15-17-19-21-22-24-25-27-29-31-33-35-37-39-44(47)49-42-43(41-46)50-45(48)40-38-36-34-32-30-28-26-23-20-18-16-14-12-10-8-6-4-2/h5,7,11,13,17-20,22,24,26-29,32-35,43,46H,3-4,6,8-10,12,14-16,21,23,25,30-31,36-42H2,1-2H3. The third-order valence-electron chi connectivity index (χ3n) is 7.56. The van der Waals surface area contributed by atoms with Gasteiger partial charge in [0, 0.05) is 12.8 Å². The van der Waals surface area contributed by atoms with E-state index in [1.807, 2.05) is 12.2 Å². The fourth-order valence-electron chi connectivity index (χ4n) is 4.65. The van der Waals surface area contributed by atoms with Gasteiger partial charge in [0.25, 0.3) is 0 Å². The van der Waals surface area contributed by atoms with Crippen LogP contribution in [0.5, 0.6) is 0 Å². The summed E-state index contributed by atoms with van der Waals surface area (Å²) in [6.07, 6.45) is 57.3. The van der Waals surface area contributed by atoms with Gasteiger partial charge in [-0.2, -0.15) is 0 Å². The van der Waals surface area contributed by atoms with E-state index >= 15 is 0 Å². The molecule has 0 amide bonds. The van der Waals surface area contributed by atoms with Gasteiger partial charge in [0.2, 0.25) is 0 Å². The van der Waals surface area contributed by atoms with Crippen molar-refractivity contribution in [3.63, 3.8) is 0 Å². The molecule has 0 aromatic rings. The van der Waals surface area contributed by atoms with E-state index in [9.17, 15) is 14.7 Å². The summed E-state index contributed by atoms with van der Waals surface area (Å²) in [5, 5.41) is 9.53. The van der Waals surface area contributed by atoms with Gasteiger partial charge in [-0.05, 0) is 83.5 Å². The number of aliphatic hydroxyl groups excluding tert-OH is 1. The molecule has 1 atom stereocenters. The van der Waals surface area contributed by atoms with Gasteiger partial charge in [-0.25, -0.2) is 0 Å². The van der Waals surface area contributed by atoms with Crippen LogP contribution in [0, 0.1) is 0 Å². The second kappa shape index (κ2) is 40.0. The van der Waals surface area contributed by atoms with Gasteiger partial charge in [0.1, 0.15) is 6.61 Å². The number of carbonyl (C=O) groups is 2. The molecule has 0 aromatic carbocycles. The average molecular weight is 691 g/mol. The molecule has 0 fully saturated rings. The maximum absolute atomic E-state index is 12.1. The Morgan fingerprint density at radius 3 is 1.38 bits per heavy atom. The van der Waals surface area contributed by atoms with Gasteiger partial charge in [-0.15, -0.1) is 0 Å². The predicted octanol–water partition coefficient (Wildman–Crippen LogP) is 12.3. The van der Waals surface area contributed by atoms with E-state index < -0.39 is 6.10 Å². The summed E-state index contributed by atoms with van der Waals surface area (Å²) < 4.78 is 10.5. The molecule has 0 bridgehead atoms. The van der Waals surface area contributed by atoms with Gasteiger partial charge < -0.3 is 14.6 Å². The molecule has 0 rings (SSSR count). The van der Waals surface area contributed by atoms with Crippen LogP contribution in [-0.4, -0.2) is 36.4 Å². The van der Waals surface area contributed by atoms with Crippen LogP contribution in [-0.2, 0) is 19.1 Å². The highest BCUT2D eigenvalue weighted by molar-refractivity contribution is 5.70. The topological polar surface area (TPSA) is 72.8 Å². The first-order valence-electron chi connectivity index (χ1n) is 19.4. The van der Waals surface area contributed by atoms with Crippen LogP contribution in [0.4, 0.5) is 0 Å². The molecule has 280 valence electrons. The SMILES string of the molecule is CCC=CCC=CCC=CCC=CCC=CCC=CCCC(=O)OCC(CO)OC(=O)CCCC=CCC=CCC=CCCCCCCCC. The number of allylic oxidation sites excluding steroid dienone is 18. The quantitative estimate of drug-likeness (QED) is 0.0421. The highest BCUT2D eigenvalue weighted by Gasteiger charge is 2.15. The van der Waals surface area contributed by atoms with E-state index in [1.165, 1.54) is 44.9 Å². The zero-order valence-corrected chi connectivity index (χ0v) is 31.6. The second-order valence-electron chi connectivity index (χ2n) is 12.3. The van der Waals surface area contributed by atoms with E-state index in [0.717, 1.165) is 57.8 Å². The van der Waals surface area contributed by atoms with Crippen molar-refractivity contribution in [3.8, 4) is 0 Å². The van der Waals surface area contributed by atoms with Gasteiger partial charge >= 0.3 is 11.9 Å². The molecule has 0 saturated carbocycles. The molecule has 5 heteroatoms. The van der Waals surface area contributed by atoms with Crippen LogP contribution in [0.15, 0.2) is 109 Å². The first-order chi connectivity index (χ1) is 24.6. The van der Waals surface area contributed by atoms with E-state index in [0.29, 0.717) is 12.8 Å². The fraction of sp³-hybridized carbons (Fsp3) is 0.556. The molecule has 5 nitrogen and oxygen atoms in total. The van der Waals surface area contributed by atoms with Crippen molar-refractivity contribution in [2.24, 2.45) is 0 Å². The number of aliphatic hydroxyl groups is 1. The minimum atomic E-state index is -0.835. The summed E-state index contributed by atoms with van der Waals surface area (Å²) in [5.74, 6) is -0.762. The Hall–Kier alpha value is -3.44. The van der Waals surface area contributed by atoms with Crippen molar-refractivity contribution in [2.45, 2.75) is 148 Å². The molecule has 50 heavy (non-hydrogen) atoms. The van der Waals surface area contributed by atoms with Crippen molar-refractivity contribution < 1.29 is 24.2 Å². The summed E-state index contributed by atoms with van der Waals surface area (Å²) in [6.45, 7) is 3.88. The molecule has 0 aliphatic carbocycles. The minimum Gasteiger partial charge on any atom is -0.462 e. The summed E-state index contributed by atoms with van der Waals surface area (Å²) in [5.41, 5.74) is 0. The van der Waals surface area contributed by atoms with Crippen LogP contribution in [0.1, 0.15) is 142 Å². The van der Waals surface area contributed by atoms with E-state index in [2.05, 4.69) is 111 Å². The van der Waals surface area contributed by atoms with Crippen LogP contribution in [0.2, 0.25) is 0 Å². The van der Waals surface area contributed by atoms with E-state index in [1.54, 1.807) is 0 Å². The molecule has 1 N–H and O–H groups in total. The highest BCUT2D eigenvalue weighted by Crippen LogP contribution is 2.08. The van der Waals surface area contributed by atoms with Gasteiger partial charge in [-0.1, -0.05) is 155 Å². The Bertz CT molecular complexity index is 1050. The van der Waals surface area contributed by atoms with E-state index in [-0.39, 0.29) is 38.0 Å². The lowest BCUT2D eigenvalue weighted by Crippen LogP contribution is -2.28. The number of hydrogen-bond donors (Lipinski definition) is 1.